The fourth-order valence-electron chi connectivity index (χ4n) is 16.6. The third kappa shape index (κ3) is 8.23. The molecule has 0 radical (unpaired) electrons. The topological polar surface area (TPSA) is 34.1 Å². The molecule has 444 valence electrons. The Kier molecular flexibility index (Phi) is 12.8. The Morgan fingerprint density at radius 3 is 1.11 bits per heavy atom. The van der Waals surface area contributed by atoms with Crippen LogP contribution in [0.25, 0.3) is 99.4 Å². The van der Waals surface area contributed by atoms with Gasteiger partial charge in [-0.1, -0.05) is 297 Å². The van der Waals surface area contributed by atoms with Crippen molar-refractivity contribution in [2.75, 3.05) is 13.3 Å². The molecule has 0 aromatic heterocycles. The number of hydrogen-bond acceptors (Lipinski definition) is 2. The summed E-state index contributed by atoms with van der Waals surface area (Å²) in [5.74, 6) is 0. The molecule has 0 fully saturated rings. The van der Waals surface area contributed by atoms with Crippen LogP contribution in [0, 0.1) is 0 Å². The fraction of sp³-hybridized carbons (Fsp3) is 0.0444. The predicted molar refractivity (Wildman–Crippen MR) is 395 cm³/mol. The third-order valence-corrected chi connectivity index (χ3v) is 25.3. The van der Waals surface area contributed by atoms with Crippen LogP contribution in [0.5, 0.6) is 0 Å². The van der Waals surface area contributed by atoms with Crippen molar-refractivity contribution in [1.82, 2.24) is 0 Å². The van der Waals surface area contributed by atoms with E-state index >= 15 is 4.57 Å². The molecule has 0 saturated heterocycles. The van der Waals surface area contributed by atoms with E-state index in [-0.39, 0.29) is 0 Å². The lowest BCUT2D eigenvalue weighted by atomic mass is 9.70. The second-order valence-electron chi connectivity index (χ2n) is 26.0. The van der Waals surface area contributed by atoms with E-state index in [1.165, 1.54) is 127 Å². The normalized spacial score (nSPS) is 14.7. The first-order chi connectivity index (χ1) is 46.1. The molecule has 1 atom stereocenters. The Morgan fingerprint density at radius 1 is 0.213 bits per heavy atom. The maximum atomic E-state index is 15.5. The zero-order chi connectivity index (χ0) is 62.9. The van der Waals surface area contributed by atoms with Crippen LogP contribution in [0.15, 0.2) is 340 Å². The molecular formula is C90H62O2P2. The van der Waals surface area contributed by atoms with Crippen molar-refractivity contribution in [1.29, 1.82) is 0 Å². The van der Waals surface area contributed by atoms with E-state index < -0.39 is 25.1 Å². The Morgan fingerprint density at radius 2 is 0.564 bits per heavy atom. The molecule has 0 saturated carbocycles. The second kappa shape index (κ2) is 21.4. The standard InChI is InChI=1S/C47H31OP.C43H31OP/c48-49(35-18-3-1-4-19-35,36-20-5-2-6-21-36)37-22-13-17-34(29-37)38-25-14-28-44-46(38)41-30-32-15-7-8-16-33(32)31-45(41)47(44)42-26-11-9-23-39(42)40-24-10-12-27-43(40)47;1-45(2,44)34-20-16-29(17-21-34)33-19-23-41-37(26-33)38-24-30-12-6-7-13-31(30)27-42(38)43(41)39-15-9-8-14-35(39)36-25-32(18-22-40(36)43)28-10-4-3-5-11-28/h1-31H;3-27H,1-2H3. The van der Waals surface area contributed by atoms with Crippen LogP contribution in [0.1, 0.15) is 44.5 Å². The zero-order valence-corrected chi connectivity index (χ0v) is 53.8. The first-order valence-corrected chi connectivity index (χ1v) is 36.8. The highest BCUT2D eigenvalue weighted by atomic mass is 31.2. The summed E-state index contributed by atoms with van der Waals surface area (Å²) in [4.78, 5) is 0. The summed E-state index contributed by atoms with van der Waals surface area (Å²) in [5.41, 5.74) is 27.1. The van der Waals surface area contributed by atoms with Crippen LogP contribution in [0.4, 0.5) is 0 Å². The SMILES string of the molecule is CP(C)(=O)c1ccc(-c2ccc3c(c2)-c2cc4ccccc4cc2C32c3ccccc3-c3cc(-c4ccccc4)ccc32)cc1.O=P(c1ccccc1)(c1ccccc1)c1cccc(-c2cccc3c2-c2cc4ccccc4cc2C32c3ccccc3-c3ccccc32)c1. The molecular weight excluding hydrogens is 1170 g/mol. The average molecular weight is 1240 g/mol. The van der Waals surface area contributed by atoms with Crippen molar-refractivity contribution in [3.8, 4) is 77.9 Å². The molecule has 4 aliphatic carbocycles. The van der Waals surface area contributed by atoms with Gasteiger partial charge in [0.1, 0.15) is 7.14 Å². The van der Waals surface area contributed by atoms with Crippen LogP contribution in [0.2, 0.25) is 0 Å². The van der Waals surface area contributed by atoms with Crippen molar-refractivity contribution in [2.24, 2.45) is 0 Å². The summed E-state index contributed by atoms with van der Waals surface area (Å²) in [6.45, 7) is 3.66. The van der Waals surface area contributed by atoms with Gasteiger partial charge in [0.25, 0.3) is 0 Å². The van der Waals surface area contributed by atoms with Crippen molar-refractivity contribution in [3.05, 3.63) is 384 Å². The van der Waals surface area contributed by atoms with Gasteiger partial charge in [0.15, 0.2) is 7.14 Å². The number of fused-ring (bicyclic) bond motifs is 22. The summed E-state index contributed by atoms with van der Waals surface area (Å²) >= 11 is 0. The molecule has 15 aromatic carbocycles. The molecule has 94 heavy (non-hydrogen) atoms. The van der Waals surface area contributed by atoms with Crippen molar-refractivity contribution < 1.29 is 9.13 Å². The minimum absolute atomic E-state index is 0.407. The van der Waals surface area contributed by atoms with E-state index in [0.29, 0.717) is 0 Å². The molecule has 2 spiro atoms. The van der Waals surface area contributed by atoms with Crippen molar-refractivity contribution >= 4 is 57.0 Å². The zero-order valence-electron chi connectivity index (χ0n) is 52.0. The van der Waals surface area contributed by atoms with Gasteiger partial charge < -0.3 is 9.13 Å². The highest BCUT2D eigenvalue weighted by Crippen LogP contribution is 2.66. The molecule has 4 aliphatic rings. The van der Waals surface area contributed by atoms with Crippen molar-refractivity contribution in [3.63, 3.8) is 0 Å². The fourth-order valence-corrected chi connectivity index (χ4v) is 20.1. The molecule has 0 amide bonds. The van der Waals surface area contributed by atoms with Gasteiger partial charge in [-0.15, -0.1) is 0 Å². The second-order valence-corrected chi connectivity index (χ2v) is 32.0. The van der Waals surface area contributed by atoms with Gasteiger partial charge in [-0.05, 0) is 200 Å². The van der Waals surface area contributed by atoms with E-state index in [4.69, 9.17) is 0 Å². The van der Waals surface area contributed by atoms with Gasteiger partial charge >= 0.3 is 0 Å². The highest BCUT2D eigenvalue weighted by Gasteiger charge is 2.54. The molecule has 2 nitrogen and oxygen atoms in total. The van der Waals surface area contributed by atoms with Gasteiger partial charge in [-0.2, -0.15) is 0 Å². The summed E-state index contributed by atoms with van der Waals surface area (Å²) in [6.07, 6.45) is 0. The van der Waals surface area contributed by atoms with Crippen molar-refractivity contribution in [2.45, 2.75) is 10.8 Å². The average Bonchev–Trinajstić information content (AvgIpc) is 1.51. The Labute approximate surface area is 549 Å². The lowest BCUT2D eigenvalue weighted by Crippen LogP contribution is -2.26. The van der Waals surface area contributed by atoms with Gasteiger partial charge in [-0.25, -0.2) is 0 Å². The smallest absolute Gasteiger partial charge is 0.171 e. The minimum atomic E-state index is -3.16. The predicted octanol–water partition coefficient (Wildman–Crippen LogP) is 21.3. The van der Waals surface area contributed by atoms with Crippen LogP contribution in [-0.2, 0) is 20.0 Å². The third-order valence-electron chi connectivity index (χ3n) is 20.7. The number of benzene rings is 15. The number of hydrogen-bond donors (Lipinski definition) is 0. The molecule has 4 heteroatoms. The first kappa shape index (κ1) is 56.1. The highest BCUT2D eigenvalue weighted by molar-refractivity contribution is 7.85. The summed E-state index contributed by atoms with van der Waals surface area (Å²) in [6, 6.07) is 122. The van der Waals surface area contributed by atoms with Gasteiger partial charge in [-0.3, -0.25) is 0 Å². The monoisotopic (exact) mass is 1240 g/mol. The van der Waals surface area contributed by atoms with Gasteiger partial charge in [0.2, 0.25) is 0 Å². The van der Waals surface area contributed by atoms with Crippen LogP contribution < -0.4 is 21.2 Å². The van der Waals surface area contributed by atoms with E-state index in [0.717, 1.165) is 37.9 Å². The Balaban J connectivity index is 0.000000138. The Bertz CT molecular complexity index is 5620. The molecule has 1 unspecified atom stereocenters. The van der Waals surface area contributed by atoms with E-state index in [9.17, 15) is 4.57 Å². The minimum Gasteiger partial charge on any atom is -0.319 e. The van der Waals surface area contributed by atoms with Crippen LogP contribution in [-0.4, -0.2) is 13.3 Å². The van der Waals surface area contributed by atoms with E-state index in [2.05, 4.69) is 261 Å². The lowest BCUT2D eigenvalue weighted by molar-refractivity contribution is 0.588. The van der Waals surface area contributed by atoms with E-state index in [1.54, 1.807) is 0 Å². The largest absolute Gasteiger partial charge is 0.319 e. The molecule has 15 aromatic rings. The summed E-state index contributed by atoms with van der Waals surface area (Å²) < 4.78 is 28.2. The molecule has 19 rings (SSSR count). The summed E-state index contributed by atoms with van der Waals surface area (Å²) in [5, 5.41) is 8.41. The van der Waals surface area contributed by atoms with Crippen LogP contribution in [0.3, 0.4) is 0 Å². The summed E-state index contributed by atoms with van der Waals surface area (Å²) in [7, 11) is -5.47. The maximum Gasteiger partial charge on any atom is 0.171 e. The van der Waals surface area contributed by atoms with Gasteiger partial charge in [0.05, 0.1) is 10.8 Å². The lowest BCUT2D eigenvalue weighted by Gasteiger charge is -2.30. The molecule has 0 N–H and O–H groups in total. The number of rotatable bonds is 7. The Hall–Kier alpha value is -10.7. The molecule has 0 heterocycles. The molecule has 0 aliphatic heterocycles. The maximum absolute atomic E-state index is 15.5. The van der Waals surface area contributed by atoms with E-state index in [1.807, 2.05) is 92.2 Å². The van der Waals surface area contributed by atoms with Crippen LogP contribution >= 0.6 is 14.3 Å². The molecule has 0 bridgehead atoms. The quantitative estimate of drug-likeness (QED) is 0.149. The van der Waals surface area contributed by atoms with Gasteiger partial charge in [0, 0.05) is 21.2 Å². The first-order valence-electron chi connectivity index (χ1n) is 32.4.